The van der Waals surface area contributed by atoms with Gasteiger partial charge in [0.15, 0.2) is 0 Å². The van der Waals surface area contributed by atoms with Crippen LogP contribution in [0.25, 0.3) is 11.1 Å². The van der Waals surface area contributed by atoms with E-state index < -0.39 is 0 Å². The third-order valence-corrected chi connectivity index (χ3v) is 6.32. The summed E-state index contributed by atoms with van der Waals surface area (Å²) in [5.41, 5.74) is 10.3. The Hall–Kier alpha value is -3.32. The first kappa shape index (κ1) is 16.8. The molecule has 136 valence electrons. The van der Waals surface area contributed by atoms with Crippen molar-refractivity contribution in [1.82, 2.24) is 0 Å². The van der Waals surface area contributed by atoms with Gasteiger partial charge in [0.25, 0.3) is 0 Å². The second-order valence-electron chi connectivity index (χ2n) is 7.51. The third kappa shape index (κ3) is 1.96. The minimum absolute atomic E-state index is 0.306. The molecule has 0 radical (unpaired) electrons. The lowest BCUT2D eigenvalue weighted by Crippen LogP contribution is -2.38. The van der Waals surface area contributed by atoms with Crippen molar-refractivity contribution in [3.05, 3.63) is 126 Å². The van der Waals surface area contributed by atoms with Crippen molar-refractivity contribution < 1.29 is 0 Å². The van der Waals surface area contributed by atoms with Gasteiger partial charge in [-0.3, -0.25) is 0 Å². The molecule has 0 saturated heterocycles. The highest BCUT2D eigenvalue weighted by Crippen LogP contribution is 2.60. The van der Waals surface area contributed by atoms with Gasteiger partial charge in [-0.1, -0.05) is 91.5 Å². The average molecular weight is 361 g/mol. The molecule has 0 unspecified atom stereocenters. The quantitative estimate of drug-likeness (QED) is 0.473. The van der Waals surface area contributed by atoms with E-state index in [0.29, 0.717) is 0 Å². The summed E-state index contributed by atoms with van der Waals surface area (Å²) in [5, 5.41) is 0. The Morgan fingerprint density at radius 1 is 0.786 bits per heavy atom. The van der Waals surface area contributed by atoms with Gasteiger partial charge in [-0.05, 0) is 46.4 Å². The van der Waals surface area contributed by atoms with Crippen LogP contribution >= 0.6 is 0 Å². The zero-order chi connectivity index (χ0) is 19.3. The van der Waals surface area contributed by atoms with Gasteiger partial charge >= 0.3 is 0 Å². The molecule has 0 bridgehead atoms. The van der Waals surface area contributed by atoms with E-state index in [-0.39, 0.29) is 5.41 Å². The number of hydrogen-bond donors (Lipinski definition) is 0. The predicted molar refractivity (Wildman–Crippen MR) is 119 cm³/mol. The molecular weight excluding hydrogens is 338 g/mol. The van der Waals surface area contributed by atoms with Crippen LogP contribution in [0.15, 0.2) is 109 Å². The number of hydrogen-bond acceptors (Lipinski definition) is 1. The van der Waals surface area contributed by atoms with E-state index in [9.17, 15) is 0 Å². The van der Waals surface area contributed by atoms with Gasteiger partial charge in [-0.15, -0.1) is 0 Å². The van der Waals surface area contributed by atoms with Crippen molar-refractivity contribution >= 4 is 5.69 Å². The molecule has 0 saturated carbocycles. The van der Waals surface area contributed by atoms with Gasteiger partial charge < -0.3 is 4.90 Å². The molecule has 0 amide bonds. The van der Waals surface area contributed by atoms with Gasteiger partial charge in [0.2, 0.25) is 0 Å². The van der Waals surface area contributed by atoms with Crippen LogP contribution in [0.5, 0.6) is 0 Å². The molecule has 28 heavy (non-hydrogen) atoms. The van der Waals surface area contributed by atoms with Crippen molar-refractivity contribution in [2.24, 2.45) is 0 Å². The molecule has 1 heteroatoms. The fraction of sp³-hybridized carbons (Fsp3) is 0.111. The Balaban J connectivity index is 2.01. The van der Waals surface area contributed by atoms with Crippen LogP contribution in [0.2, 0.25) is 0 Å². The van der Waals surface area contributed by atoms with Crippen LogP contribution in [0, 0.1) is 0 Å². The van der Waals surface area contributed by atoms with E-state index in [2.05, 4.69) is 110 Å². The zero-order valence-electron chi connectivity index (χ0n) is 16.3. The first-order valence-corrected chi connectivity index (χ1v) is 9.74. The van der Waals surface area contributed by atoms with Gasteiger partial charge in [0.05, 0.1) is 5.41 Å². The Kier molecular flexibility index (Phi) is 3.67. The lowest BCUT2D eigenvalue weighted by molar-refractivity contribution is 0.725. The van der Waals surface area contributed by atoms with Crippen molar-refractivity contribution in [3.63, 3.8) is 0 Å². The molecule has 3 aromatic carbocycles. The minimum Gasteiger partial charge on any atom is -0.348 e. The van der Waals surface area contributed by atoms with Crippen molar-refractivity contribution in [2.45, 2.75) is 12.3 Å². The van der Waals surface area contributed by atoms with Crippen LogP contribution < -0.4 is 4.90 Å². The molecule has 1 aliphatic heterocycles. The number of fused-ring (bicyclic) bond motifs is 7. The van der Waals surface area contributed by atoms with Crippen LogP contribution in [0.1, 0.15) is 23.6 Å². The Bertz CT molecular complexity index is 1120. The topological polar surface area (TPSA) is 3.24 Å². The molecule has 1 spiro atoms. The first-order chi connectivity index (χ1) is 13.7. The van der Waals surface area contributed by atoms with Crippen molar-refractivity contribution in [3.8, 4) is 11.1 Å². The lowest BCUT2D eigenvalue weighted by atomic mass is 9.64. The third-order valence-electron chi connectivity index (χ3n) is 6.32. The number of benzene rings is 3. The molecule has 0 aromatic heterocycles. The van der Waals surface area contributed by atoms with E-state index in [1.807, 2.05) is 6.08 Å². The normalized spacial score (nSPS) is 16.3. The highest BCUT2D eigenvalue weighted by molar-refractivity contribution is 5.90. The standard InChI is InChI=1S/C27H23N/c1-4-5-14-22-19(2)28(3)26-18-11-10-17-25(26)27(22)23-15-8-6-12-20(23)21-13-7-9-16-24(21)27/h4-18H,1H2,2-3H3/b14-5-. The number of allylic oxidation sites excluding steroid dienone is 5. The molecule has 0 atom stereocenters. The smallest absolute Gasteiger partial charge is 0.0750 e. The van der Waals surface area contributed by atoms with Crippen LogP contribution in [-0.4, -0.2) is 7.05 Å². The minimum atomic E-state index is -0.306. The van der Waals surface area contributed by atoms with Crippen molar-refractivity contribution in [1.29, 1.82) is 0 Å². The Morgan fingerprint density at radius 2 is 1.32 bits per heavy atom. The van der Waals surface area contributed by atoms with Gasteiger partial charge in [-0.25, -0.2) is 0 Å². The Morgan fingerprint density at radius 3 is 1.93 bits per heavy atom. The maximum atomic E-state index is 3.91. The van der Waals surface area contributed by atoms with E-state index >= 15 is 0 Å². The largest absolute Gasteiger partial charge is 0.348 e. The monoisotopic (exact) mass is 361 g/mol. The van der Waals surface area contributed by atoms with E-state index in [4.69, 9.17) is 0 Å². The lowest BCUT2D eigenvalue weighted by Gasteiger charge is -2.44. The van der Waals surface area contributed by atoms with Gasteiger partial charge in [0, 0.05) is 18.4 Å². The molecule has 3 aromatic rings. The summed E-state index contributed by atoms with van der Waals surface area (Å²) >= 11 is 0. The summed E-state index contributed by atoms with van der Waals surface area (Å²) in [6, 6.07) is 26.5. The second kappa shape index (κ2) is 6.10. The molecular formula is C27H23N. The Labute approximate surface area is 167 Å². The molecule has 1 aliphatic carbocycles. The number of para-hydroxylation sites is 1. The van der Waals surface area contributed by atoms with E-state index in [1.54, 1.807) is 0 Å². The number of rotatable bonds is 2. The van der Waals surface area contributed by atoms with Crippen molar-refractivity contribution in [2.75, 3.05) is 11.9 Å². The fourth-order valence-electron chi connectivity index (χ4n) is 5.09. The summed E-state index contributed by atoms with van der Waals surface area (Å²) in [4.78, 5) is 2.31. The predicted octanol–water partition coefficient (Wildman–Crippen LogP) is 6.47. The number of nitrogens with zero attached hydrogens (tertiary/aromatic N) is 1. The van der Waals surface area contributed by atoms with Crippen LogP contribution in [-0.2, 0) is 5.41 Å². The summed E-state index contributed by atoms with van der Waals surface area (Å²) in [6.07, 6.45) is 6.17. The van der Waals surface area contributed by atoms with Gasteiger partial charge in [-0.2, -0.15) is 0 Å². The SMILES string of the molecule is C=C/C=C\C1=C(C)N(C)c2ccccc2C12c1ccccc1-c1ccccc12. The summed E-state index contributed by atoms with van der Waals surface area (Å²) in [7, 11) is 2.16. The molecule has 5 rings (SSSR count). The summed E-state index contributed by atoms with van der Waals surface area (Å²) in [5.74, 6) is 0. The van der Waals surface area contributed by atoms with E-state index in [0.717, 1.165) is 0 Å². The number of anilines is 1. The second-order valence-corrected chi connectivity index (χ2v) is 7.51. The fourth-order valence-corrected chi connectivity index (χ4v) is 5.09. The molecule has 0 fully saturated rings. The average Bonchev–Trinajstić information content (AvgIpc) is 3.04. The molecule has 0 N–H and O–H groups in total. The van der Waals surface area contributed by atoms with Crippen LogP contribution in [0.4, 0.5) is 5.69 Å². The maximum Gasteiger partial charge on any atom is 0.0750 e. The molecule has 1 heterocycles. The van der Waals surface area contributed by atoms with Crippen LogP contribution in [0.3, 0.4) is 0 Å². The maximum absolute atomic E-state index is 3.91. The molecule has 1 nitrogen and oxygen atoms in total. The first-order valence-electron chi connectivity index (χ1n) is 9.74. The van der Waals surface area contributed by atoms with Gasteiger partial charge in [0.1, 0.15) is 0 Å². The highest BCUT2D eigenvalue weighted by Gasteiger charge is 2.50. The highest BCUT2D eigenvalue weighted by atomic mass is 15.1. The van der Waals surface area contributed by atoms with E-state index in [1.165, 1.54) is 44.8 Å². The summed E-state index contributed by atoms with van der Waals surface area (Å²) in [6.45, 7) is 6.14. The molecule has 2 aliphatic rings. The zero-order valence-corrected chi connectivity index (χ0v) is 16.3. The summed E-state index contributed by atoms with van der Waals surface area (Å²) < 4.78 is 0.